The zero-order chi connectivity index (χ0) is 18.2. The highest BCUT2D eigenvalue weighted by molar-refractivity contribution is 7.85. The van der Waals surface area contributed by atoms with Gasteiger partial charge in [-0.1, -0.05) is 29.8 Å². The van der Waals surface area contributed by atoms with Gasteiger partial charge in [0, 0.05) is 21.2 Å². The first-order valence-electron chi connectivity index (χ1n) is 7.59. The third kappa shape index (κ3) is 5.69. The molecule has 0 aliphatic rings. The van der Waals surface area contributed by atoms with Crippen molar-refractivity contribution in [3.05, 3.63) is 65.2 Å². The van der Waals surface area contributed by atoms with Crippen LogP contribution in [0.4, 0.5) is 0 Å². The van der Waals surface area contributed by atoms with Crippen molar-refractivity contribution in [3.63, 3.8) is 0 Å². The molecule has 0 aliphatic heterocycles. The molecule has 0 heterocycles. The molecule has 0 saturated carbocycles. The van der Waals surface area contributed by atoms with E-state index in [-0.39, 0.29) is 12.2 Å². The molecule has 5 nitrogen and oxygen atoms in total. The maximum Gasteiger partial charge on any atom is 0.328 e. The number of hydrogen-bond acceptors (Lipinski definition) is 4. The van der Waals surface area contributed by atoms with E-state index in [1.54, 1.807) is 48.5 Å². The molecule has 2 aromatic carbocycles. The SMILES string of the molecule is COC(=O)[C@@H](CC[S@@](=O)c1ccccc1)NC(=O)c1ccc(Cl)cc1. The molecule has 132 valence electrons. The van der Waals surface area contributed by atoms with Gasteiger partial charge in [-0.15, -0.1) is 0 Å². The second-order valence-electron chi connectivity index (χ2n) is 5.21. The summed E-state index contributed by atoms with van der Waals surface area (Å²) in [6.07, 6.45) is 0.202. The van der Waals surface area contributed by atoms with E-state index in [9.17, 15) is 13.8 Å². The number of rotatable bonds is 7. The Morgan fingerprint density at radius 1 is 1.12 bits per heavy atom. The predicted octanol–water partition coefficient (Wildman–Crippen LogP) is 2.81. The van der Waals surface area contributed by atoms with Gasteiger partial charge in [0.15, 0.2) is 0 Å². The first-order chi connectivity index (χ1) is 12.0. The van der Waals surface area contributed by atoms with Crippen LogP contribution in [0.2, 0.25) is 5.02 Å². The maximum absolute atomic E-state index is 12.3. The topological polar surface area (TPSA) is 72.5 Å². The number of hydrogen-bond donors (Lipinski definition) is 1. The van der Waals surface area contributed by atoms with Crippen molar-refractivity contribution in [3.8, 4) is 0 Å². The highest BCUT2D eigenvalue weighted by Gasteiger charge is 2.23. The minimum Gasteiger partial charge on any atom is -0.467 e. The first kappa shape index (κ1) is 19.1. The molecule has 2 aromatic rings. The van der Waals surface area contributed by atoms with Crippen LogP contribution in [0.15, 0.2) is 59.5 Å². The predicted molar refractivity (Wildman–Crippen MR) is 97.1 cm³/mol. The molecule has 7 heteroatoms. The van der Waals surface area contributed by atoms with Crippen LogP contribution in [-0.4, -0.2) is 35.0 Å². The lowest BCUT2D eigenvalue weighted by atomic mass is 10.1. The number of benzene rings is 2. The molecule has 1 amide bonds. The van der Waals surface area contributed by atoms with Crippen molar-refractivity contribution in [2.75, 3.05) is 12.9 Å². The number of carbonyl (C=O) groups excluding carboxylic acids is 2. The lowest BCUT2D eigenvalue weighted by Crippen LogP contribution is -2.42. The van der Waals surface area contributed by atoms with E-state index >= 15 is 0 Å². The summed E-state index contributed by atoms with van der Waals surface area (Å²) in [6.45, 7) is 0. The van der Waals surface area contributed by atoms with Crippen molar-refractivity contribution in [1.29, 1.82) is 0 Å². The van der Waals surface area contributed by atoms with Crippen LogP contribution in [0.3, 0.4) is 0 Å². The van der Waals surface area contributed by atoms with E-state index in [0.717, 1.165) is 0 Å². The van der Waals surface area contributed by atoms with Gasteiger partial charge in [-0.25, -0.2) is 4.79 Å². The molecule has 0 aromatic heterocycles. The summed E-state index contributed by atoms with van der Waals surface area (Å²) in [5.74, 6) is -0.769. The summed E-state index contributed by atoms with van der Waals surface area (Å²) in [4.78, 5) is 24.9. The number of methoxy groups -OCH3 is 1. The van der Waals surface area contributed by atoms with Crippen LogP contribution in [0, 0.1) is 0 Å². The Morgan fingerprint density at radius 2 is 1.76 bits per heavy atom. The number of esters is 1. The largest absolute Gasteiger partial charge is 0.467 e. The molecule has 0 saturated heterocycles. The Bertz CT molecular complexity index is 749. The maximum atomic E-state index is 12.3. The number of carbonyl (C=O) groups is 2. The molecule has 0 spiro atoms. The van der Waals surface area contributed by atoms with Crippen molar-refractivity contribution in [2.24, 2.45) is 0 Å². The molecular formula is C18H18ClNO4S. The van der Waals surface area contributed by atoms with E-state index in [0.29, 0.717) is 15.5 Å². The monoisotopic (exact) mass is 379 g/mol. The van der Waals surface area contributed by atoms with Crippen LogP contribution < -0.4 is 5.32 Å². The van der Waals surface area contributed by atoms with Gasteiger partial charge < -0.3 is 10.1 Å². The van der Waals surface area contributed by atoms with Gasteiger partial charge in [0.05, 0.1) is 17.9 Å². The van der Waals surface area contributed by atoms with Crippen LogP contribution in [0.5, 0.6) is 0 Å². The summed E-state index contributed by atoms with van der Waals surface area (Å²) in [7, 11) is -0.0135. The van der Waals surface area contributed by atoms with Gasteiger partial charge in [0.2, 0.25) is 0 Å². The summed E-state index contributed by atoms with van der Waals surface area (Å²) in [5.41, 5.74) is 0.377. The molecule has 0 radical (unpaired) electrons. The summed E-state index contributed by atoms with van der Waals surface area (Å²) in [5, 5.41) is 3.13. The third-order valence-electron chi connectivity index (χ3n) is 3.50. The van der Waals surface area contributed by atoms with Gasteiger partial charge in [-0.2, -0.15) is 0 Å². The highest BCUT2D eigenvalue weighted by atomic mass is 35.5. The Labute approximate surface area is 153 Å². The van der Waals surface area contributed by atoms with Crippen molar-refractivity contribution in [2.45, 2.75) is 17.4 Å². The molecular weight excluding hydrogens is 362 g/mol. The normalized spacial score (nSPS) is 12.9. The number of amides is 1. The second kappa shape index (κ2) is 9.34. The number of halogens is 1. The van der Waals surface area contributed by atoms with Crippen LogP contribution in [0.25, 0.3) is 0 Å². The van der Waals surface area contributed by atoms with Crippen molar-refractivity contribution < 1.29 is 18.5 Å². The zero-order valence-electron chi connectivity index (χ0n) is 13.6. The van der Waals surface area contributed by atoms with Gasteiger partial charge in [0.25, 0.3) is 5.91 Å². The fraction of sp³-hybridized carbons (Fsp3) is 0.222. The van der Waals surface area contributed by atoms with E-state index in [4.69, 9.17) is 16.3 Å². The molecule has 0 bridgehead atoms. The molecule has 2 atom stereocenters. The van der Waals surface area contributed by atoms with Crippen LogP contribution >= 0.6 is 11.6 Å². The average molecular weight is 380 g/mol. The quantitative estimate of drug-likeness (QED) is 0.751. The fourth-order valence-electron chi connectivity index (χ4n) is 2.15. The summed E-state index contributed by atoms with van der Waals surface area (Å²) < 4.78 is 17.0. The Morgan fingerprint density at radius 3 is 2.36 bits per heavy atom. The molecule has 0 aliphatic carbocycles. The van der Waals surface area contributed by atoms with Crippen LogP contribution in [0.1, 0.15) is 16.8 Å². The number of nitrogens with one attached hydrogen (secondary N) is 1. The summed E-state index contributed by atoms with van der Waals surface area (Å²) in [6, 6.07) is 14.4. The Hall–Kier alpha value is -2.18. The Kier molecular flexibility index (Phi) is 7.16. The second-order valence-corrected chi connectivity index (χ2v) is 7.21. The standard InChI is InChI=1S/C18H18ClNO4S/c1-24-18(22)16(11-12-25(23)15-5-3-2-4-6-15)20-17(21)13-7-9-14(19)10-8-13/h2-10,16H,11-12H2,1H3,(H,20,21)/t16-,25-/m1/s1. The fourth-order valence-corrected chi connectivity index (χ4v) is 3.42. The van der Waals surface area contributed by atoms with E-state index in [2.05, 4.69) is 5.32 Å². The third-order valence-corrected chi connectivity index (χ3v) is 5.15. The van der Waals surface area contributed by atoms with Gasteiger partial charge >= 0.3 is 5.97 Å². The molecule has 2 rings (SSSR count). The van der Waals surface area contributed by atoms with E-state index in [1.807, 2.05) is 6.07 Å². The first-order valence-corrected chi connectivity index (χ1v) is 9.28. The Balaban J connectivity index is 2.01. The summed E-state index contributed by atoms with van der Waals surface area (Å²) >= 11 is 5.80. The lowest BCUT2D eigenvalue weighted by molar-refractivity contribution is -0.142. The van der Waals surface area contributed by atoms with E-state index < -0.39 is 28.7 Å². The highest BCUT2D eigenvalue weighted by Crippen LogP contribution is 2.11. The minimum absolute atomic E-state index is 0.202. The number of ether oxygens (including phenoxy) is 1. The lowest BCUT2D eigenvalue weighted by Gasteiger charge is -2.16. The molecule has 25 heavy (non-hydrogen) atoms. The van der Waals surface area contributed by atoms with Crippen LogP contribution in [-0.2, 0) is 20.3 Å². The van der Waals surface area contributed by atoms with Gasteiger partial charge in [-0.3, -0.25) is 9.00 Å². The average Bonchev–Trinajstić information content (AvgIpc) is 2.65. The van der Waals surface area contributed by atoms with Gasteiger partial charge in [0.1, 0.15) is 6.04 Å². The smallest absolute Gasteiger partial charge is 0.328 e. The van der Waals surface area contributed by atoms with Crippen molar-refractivity contribution >= 4 is 34.3 Å². The molecule has 0 fully saturated rings. The molecule has 1 N–H and O–H groups in total. The van der Waals surface area contributed by atoms with Gasteiger partial charge in [-0.05, 0) is 42.8 Å². The van der Waals surface area contributed by atoms with E-state index in [1.165, 1.54) is 7.11 Å². The molecule has 0 unspecified atom stereocenters. The minimum atomic E-state index is -1.26. The van der Waals surface area contributed by atoms with Crippen molar-refractivity contribution in [1.82, 2.24) is 5.32 Å². The zero-order valence-corrected chi connectivity index (χ0v) is 15.2.